The molecule has 1 aromatic rings. The van der Waals surface area contributed by atoms with Crippen molar-refractivity contribution in [2.75, 3.05) is 18.1 Å². The van der Waals surface area contributed by atoms with E-state index in [1.807, 2.05) is 31.2 Å². The van der Waals surface area contributed by atoms with Crippen molar-refractivity contribution in [1.82, 2.24) is 5.32 Å². The third kappa shape index (κ3) is 7.59. The lowest BCUT2D eigenvalue weighted by atomic mass is 9.98. The molecular formula is C17H25NO5S. The van der Waals surface area contributed by atoms with Gasteiger partial charge < -0.3 is 10.4 Å². The highest BCUT2D eigenvalue weighted by atomic mass is 32.2. The van der Waals surface area contributed by atoms with Crippen LogP contribution in [0.3, 0.4) is 0 Å². The quantitative estimate of drug-likeness (QED) is 0.698. The fourth-order valence-corrected chi connectivity index (χ4v) is 4.06. The van der Waals surface area contributed by atoms with E-state index in [0.29, 0.717) is 0 Å². The molecule has 0 aliphatic carbocycles. The Kier molecular flexibility index (Phi) is 7.41. The van der Waals surface area contributed by atoms with E-state index in [1.165, 1.54) is 0 Å². The Morgan fingerprint density at radius 2 is 1.92 bits per heavy atom. The first-order valence-corrected chi connectivity index (χ1v) is 9.66. The Morgan fingerprint density at radius 1 is 1.25 bits per heavy atom. The van der Waals surface area contributed by atoms with E-state index in [0.717, 1.165) is 11.1 Å². The number of sulfone groups is 1. The van der Waals surface area contributed by atoms with Crippen LogP contribution < -0.4 is 5.32 Å². The van der Waals surface area contributed by atoms with Crippen LogP contribution in [-0.4, -0.2) is 43.5 Å². The molecule has 1 rings (SSSR count). The molecule has 0 saturated heterocycles. The SMILES string of the molecule is Cc1cccc(CC(CNC(=O)CS(=O)(=O)CC(C)C)C(=O)O)c1. The summed E-state index contributed by atoms with van der Waals surface area (Å²) < 4.78 is 23.6. The summed E-state index contributed by atoms with van der Waals surface area (Å²) in [6, 6.07) is 7.49. The normalized spacial score (nSPS) is 12.8. The molecule has 0 aliphatic rings. The Hall–Kier alpha value is -1.89. The number of aliphatic carboxylic acids is 1. The Labute approximate surface area is 143 Å². The number of nitrogens with one attached hydrogen (secondary N) is 1. The fourth-order valence-electron chi connectivity index (χ4n) is 2.43. The summed E-state index contributed by atoms with van der Waals surface area (Å²) in [7, 11) is -3.47. The number of carboxylic acid groups (broad SMARTS) is 1. The van der Waals surface area contributed by atoms with Crippen molar-refractivity contribution >= 4 is 21.7 Å². The van der Waals surface area contributed by atoms with E-state index >= 15 is 0 Å². The number of hydrogen-bond donors (Lipinski definition) is 2. The van der Waals surface area contributed by atoms with Gasteiger partial charge in [0.15, 0.2) is 9.84 Å². The monoisotopic (exact) mass is 355 g/mol. The predicted molar refractivity (Wildman–Crippen MR) is 92.5 cm³/mol. The molecule has 1 amide bonds. The first-order valence-electron chi connectivity index (χ1n) is 7.84. The minimum Gasteiger partial charge on any atom is -0.481 e. The molecule has 0 heterocycles. The molecule has 0 saturated carbocycles. The summed E-state index contributed by atoms with van der Waals surface area (Å²) >= 11 is 0. The van der Waals surface area contributed by atoms with Crippen LogP contribution in [0.25, 0.3) is 0 Å². The van der Waals surface area contributed by atoms with Crippen molar-refractivity contribution in [3.8, 4) is 0 Å². The molecule has 2 N–H and O–H groups in total. The number of amides is 1. The number of aryl methyl sites for hydroxylation is 1. The second-order valence-corrected chi connectivity index (χ2v) is 8.59. The first kappa shape index (κ1) is 20.2. The summed E-state index contributed by atoms with van der Waals surface area (Å²) in [6.45, 7) is 5.34. The molecule has 0 radical (unpaired) electrons. The zero-order chi connectivity index (χ0) is 18.3. The van der Waals surface area contributed by atoms with Gasteiger partial charge in [0.2, 0.25) is 5.91 Å². The number of benzene rings is 1. The van der Waals surface area contributed by atoms with Gasteiger partial charge in [0, 0.05) is 6.54 Å². The Morgan fingerprint density at radius 3 is 2.46 bits per heavy atom. The lowest BCUT2D eigenvalue weighted by Crippen LogP contribution is -2.38. The fraction of sp³-hybridized carbons (Fsp3) is 0.529. The molecule has 1 unspecified atom stereocenters. The van der Waals surface area contributed by atoms with E-state index in [-0.39, 0.29) is 24.6 Å². The average Bonchev–Trinajstić information content (AvgIpc) is 2.41. The lowest BCUT2D eigenvalue weighted by Gasteiger charge is -2.14. The molecule has 0 aliphatic heterocycles. The van der Waals surface area contributed by atoms with Gasteiger partial charge in [0.1, 0.15) is 5.75 Å². The zero-order valence-corrected chi connectivity index (χ0v) is 15.1. The predicted octanol–water partition coefficient (Wildman–Crippen LogP) is 1.43. The standard InChI is InChI=1S/C17H25NO5S/c1-12(2)10-24(22,23)11-16(19)18-9-15(17(20)21)8-14-6-4-5-13(3)7-14/h4-7,12,15H,8-11H2,1-3H3,(H,18,19)(H,20,21). The summed E-state index contributed by atoms with van der Waals surface area (Å²) in [6.07, 6.45) is 0.274. The number of carboxylic acids is 1. The highest BCUT2D eigenvalue weighted by Crippen LogP contribution is 2.11. The Bertz CT molecular complexity index is 682. The molecule has 0 bridgehead atoms. The van der Waals surface area contributed by atoms with Gasteiger partial charge in [-0.25, -0.2) is 8.42 Å². The molecule has 7 heteroatoms. The number of carbonyl (C=O) groups is 2. The van der Waals surface area contributed by atoms with Crippen LogP contribution in [0.1, 0.15) is 25.0 Å². The van der Waals surface area contributed by atoms with Crippen molar-refractivity contribution in [3.63, 3.8) is 0 Å². The van der Waals surface area contributed by atoms with Crippen molar-refractivity contribution in [2.45, 2.75) is 27.2 Å². The molecule has 134 valence electrons. The number of hydrogen-bond acceptors (Lipinski definition) is 4. The number of carbonyl (C=O) groups excluding carboxylic acids is 1. The van der Waals surface area contributed by atoms with Gasteiger partial charge in [-0.1, -0.05) is 43.7 Å². The van der Waals surface area contributed by atoms with E-state index in [9.17, 15) is 23.1 Å². The van der Waals surface area contributed by atoms with Gasteiger partial charge in [-0.3, -0.25) is 9.59 Å². The average molecular weight is 355 g/mol. The van der Waals surface area contributed by atoms with Crippen LogP contribution in [0.5, 0.6) is 0 Å². The van der Waals surface area contributed by atoms with E-state index in [4.69, 9.17) is 0 Å². The molecule has 1 atom stereocenters. The van der Waals surface area contributed by atoms with Crippen molar-refractivity contribution < 1.29 is 23.1 Å². The molecule has 24 heavy (non-hydrogen) atoms. The Balaban J connectivity index is 2.61. The van der Waals surface area contributed by atoms with Gasteiger partial charge in [0.05, 0.1) is 11.7 Å². The third-order valence-corrected chi connectivity index (χ3v) is 5.27. The van der Waals surface area contributed by atoms with E-state index < -0.39 is 33.4 Å². The second-order valence-electron chi connectivity index (χ2n) is 6.48. The summed E-state index contributed by atoms with van der Waals surface area (Å²) in [5.41, 5.74) is 1.89. The highest BCUT2D eigenvalue weighted by Gasteiger charge is 2.22. The van der Waals surface area contributed by atoms with Gasteiger partial charge in [-0.2, -0.15) is 0 Å². The van der Waals surface area contributed by atoms with E-state index in [1.54, 1.807) is 13.8 Å². The van der Waals surface area contributed by atoms with Crippen LogP contribution >= 0.6 is 0 Å². The zero-order valence-electron chi connectivity index (χ0n) is 14.3. The molecular weight excluding hydrogens is 330 g/mol. The molecule has 1 aromatic carbocycles. The van der Waals surface area contributed by atoms with E-state index in [2.05, 4.69) is 5.32 Å². The molecule has 0 fully saturated rings. The van der Waals surface area contributed by atoms with Crippen molar-refractivity contribution in [2.24, 2.45) is 11.8 Å². The summed E-state index contributed by atoms with van der Waals surface area (Å²) in [5, 5.41) is 11.7. The molecule has 0 spiro atoms. The maximum atomic E-state index is 11.8. The first-order chi connectivity index (χ1) is 11.1. The number of rotatable bonds is 9. The smallest absolute Gasteiger partial charge is 0.308 e. The van der Waals surface area contributed by atoms with Crippen LogP contribution in [0.15, 0.2) is 24.3 Å². The third-order valence-electron chi connectivity index (χ3n) is 3.40. The van der Waals surface area contributed by atoms with Crippen molar-refractivity contribution in [1.29, 1.82) is 0 Å². The van der Waals surface area contributed by atoms with Gasteiger partial charge >= 0.3 is 5.97 Å². The topological polar surface area (TPSA) is 101 Å². The van der Waals surface area contributed by atoms with Crippen LogP contribution in [-0.2, 0) is 25.8 Å². The molecule has 0 aromatic heterocycles. The van der Waals surface area contributed by atoms with Crippen LogP contribution in [0, 0.1) is 18.8 Å². The lowest BCUT2D eigenvalue weighted by molar-refractivity contribution is -0.141. The largest absolute Gasteiger partial charge is 0.481 e. The van der Waals surface area contributed by atoms with Gasteiger partial charge in [0.25, 0.3) is 0 Å². The summed E-state index contributed by atoms with van der Waals surface area (Å²) in [4.78, 5) is 23.2. The minimum atomic E-state index is -3.47. The van der Waals surface area contributed by atoms with Crippen molar-refractivity contribution in [3.05, 3.63) is 35.4 Å². The molecule has 6 nitrogen and oxygen atoms in total. The van der Waals surface area contributed by atoms with Gasteiger partial charge in [-0.05, 0) is 24.8 Å². The minimum absolute atomic E-state index is 0.0594. The maximum absolute atomic E-state index is 11.8. The summed E-state index contributed by atoms with van der Waals surface area (Å²) in [5.74, 6) is -3.22. The highest BCUT2D eigenvalue weighted by molar-refractivity contribution is 7.92. The van der Waals surface area contributed by atoms with Crippen LogP contribution in [0.2, 0.25) is 0 Å². The van der Waals surface area contributed by atoms with Gasteiger partial charge in [-0.15, -0.1) is 0 Å². The van der Waals surface area contributed by atoms with Crippen LogP contribution in [0.4, 0.5) is 0 Å². The second kappa shape index (κ2) is 8.82. The maximum Gasteiger partial charge on any atom is 0.308 e.